The fraction of sp³-hybridized carbons (Fsp3) is 0.500. The highest BCUT2D eigenvalue weighted by atomic mass is 28.4. The maximum Gasteiger partial charge on any atom is 0.416 e. The predicted octanol–water partition coefficient (Wildman–Crippen LogP) is 6.12. The second-order valence-electron chi connectivity index (χ2n) is 9.69. The van der Waals surface area contributed by atoms with Gasteiger partial charge in [-0.3, -0.25) is 0 Å². The van der Waals surface area contributed by atoms with Crippen LogP contribution in [0.5, 0.6) is 0 Å². The van der Waals surface area contributed by atoms with Crippen molar-refractivity contribution in [2.45, 2.75) is 69.1 Å². The van der Waals surface area contributed by atoms with Crippen molar-refractivity contribution in [2.75, 3.05) is 0 Å². The molecule has 164 valence electrons. The Bertz CT molecular complexity index is 822. The molecule has 3 atom stereocenters. The van der Waals surface area contributed by atoms with Crippen LogP contribution in [0.25, 0.3) is 0 Å². The zero-order valence-corrected chi connectivity index (χ0v) is 19.0. The second-order valence-corrected chi connectivity index (χ2v) is 14.1. The summed E-state index contributed by atoms with van der Waals surface area (Å²) in [7, 11) is -2.43. The molecule has 0 radical (unpaired) electrons. The average molecular weight is 436 g/mol. The van der Waals surface area contributed by atoms with Gasteiger partial charge in [0.2, 0.25) is 0 Å². The highest BCUT2D eigenvalue weighted by Gasteiger charge is 2.62. The largest absolute Gasteiger partial charge is 0.416 e. The quantitative estimate of drug-likeness (QED) is 0.555. The zero-order chi connectivity index (χ0) is 22.0. The van der Waals surface area contributed by atoms with Gasteiger partial charge in [-0.05, 0) is 68.8 Å². The first kappa shape index (κ1) is 23.0. The van der Waals surface area contributed by atoms with E-state index in [4.69, 9.17) is 10.2 Å². The van der Waals surface area contributed by atoms with E-state index in [0.717, 1.165) is 11.1 Å². The number of rotatable bonds is 6. The summed E-state index contributed by atoms with van der Waals surface area (Å²) in [6, 6.07) is 19.5. The Kier molecular flexibility index (Phi) is 6.51. The van der Waals surface area contributed by atoms with Crippen LogP contribution in [0, 0.1) is 5.92 Å². The Morgan fingerprint density at radius 1 is 0.933 bits per heavy atom. The molecule has 0 aromatic heterocycles. The third-order valence-electron chi connectivity index (χ3n) is 6.10. The smallest absolute Gasteiger partial charge is 0.404 e. The minimum absolute atomic E-state index is 0.0879. The van der Waals surface area contributed by atoms with E-state index in [1.807, 2.05) is 80.3 Å². The molecule has 0 amide bonds. The van der Waals surface area contributed by atoms with Crippen molar-refractivity contribution in [1.82, 2.24) is 0 Å². The molecule has 0 bridgehead atoms. The van der Waals surface area contributed by atoms with Crippen LogP contribution in [0.3, 0.4) is 0 Å². The Labute approximate surface area is 178 Å². The van der Waals surface area contributed by atoms with Gasteiger partial charge in [-0.25, -0.2) is 0 Å². The van der Waals surface area contributed by atoms with Crippen molar-refractivity contribution in [2.24, 2.45) is 11.7 Å². The lowest BCUT2D eigenvalue weighted by Crippen LogP contribution is -2.63. The summed E-state index contributed by atoms with van der Waals surface area (Å²) in [6.45, 7) is 5.46. The van der Waals surface area contributed by atoms with E-state index in [2.05, 4.69) is 0 Å². The average Bonchev–Trinajstić information content (AvgIpc) is 2.64. The van der Waals surface area contributed by atoms with E-state index in [-0.39, 0.29) is 25.2 Å². The molecule has 0 spiro atoms. The molecule has 1 saturated carbocycles. The molecule has 3 rings (SSSR count). The molecule has 6 heteroatoms. The van der Waals surface area contributed by atoms with Crippen molar-refractivity contribution in [3.63, 3.8) is 0 Å². The van der Waals surface area contributed by atoms with Gasteiger partial charge in [0.15, 0.2) is 13.9 Å². The van der Waals surface area contributed by atoms with E-state index in [1.54, 1.807) is 0 Å². The Morgan fingerprint density at radius 2 is 1.47 bits per heavy atom. The van der Waals surface area contributed by atoms with E-state index in [0.29, 0.717) is 12.8 Å². The van der Waals surface area contributed by atoms with Crippen LogP contribution in [0.2, 0.25) is 19.6 Å². The van der Waals surface area contributed by atoms with Crippen LogP contribution in [0.4, 0.5) is 13.2 Å². The first-order valence-corrected chi connectivity index (χ1v) is 14.0. The maximum absolute atomic E-state index is 14.4. The minimum Gasteiger partial charge on any atom is -0.404 e. The topological polar surface area (TPSA) is 35.2 Å². The fourth-order valence-corrected chi connectivity index (χ4v) is 6.19. The molecule has 2 nitrogen and oxygen atoms in total. The number of hydrogen-bond acceptors (Lipinski definition) is 2. The number of alkyl halides is 3. The lowest BCUT2D eigenvalue weighted by molar-refractivity contribution is -0.270. The SMILES string of the molecule is C[Si](C)(C)OC1(C(F)(F)F)CCC(N)(Cc2ccccc2)C(Cc2ccccc2)C1. The summed E-state index contributed by atoms with van der Waals surface area (Å²) in [4.78, 5) is 0. The Balaban J connectivity index is 1.97. The fourth-order valence-electron chi connectivity index (χ4n) is 4.72. The molecular formula is C24H32F3NOSi. The van der Waals surface area contributed by atoms with E-state index in [9.17, 15) is 13.2 Å². The number of hydrogen-bond donors (Lipinski definition) is 1. The highest BCUT2D eigenvalue weighted by molar-refractivity contribution is 6.69. The van der Waals surface area contributed by atoms with Gasteiger partial charge in [-0.2, -0.15) is 13.2 Å². The van der Waals surface area contributed by atoms with E-state index >= 15 is 0 Å². The summed E-state index contributed by atoms with van der Waals surface area (Å²) >= 11 is 0. The molecular weight excluding hydrogens is 403 g/mol. The number of nitrogens with two attached hydrogens (primary N) is 1. The number of benzene rings is 2. The molecule has 1 fully saturated rings. The molecule has 0 heterocycles. The summed E-state index contributed by atoms with van der Waals surface area (Å²) in [6.07, 6.45) is -3.25. The monoisotopic (exact) mass is 435 g/mol. The molecule has 2 N–H and O–H groups in total. The third kappa shape index (κ3) is 5.34. The second kappa shape index (κ2) is 8.48. The van der Waals surface area contributed by atoms with Crippen molar-refractivity contribution >= 4 is 8.32 Å². The Morgan fingerprint density at radius 3 is 1.97 bits per heavy atom. The van der Waals surface area contributed by atoms with Gasteiger partial charge >= 0.3 is 6.18 Å². The standard InChI is InChI=1S/C24H32F3NOSi/c1-30(2,3)29-23(24(25,26)27)15-14-22(28,17-20-12-8-5-9-13-20)21(18-23)16-19-10-6-4-7-11-19/h4-13,21H,14-18,28H2,1-3H3. The van der Waals surface area contributed by atoms with Crippen molar-refractivity contribution in [3.8, 4) is 0 Å². The first-order chi connectivity index (χ1) is 13.9. The summed E-state index contributed by atoms with van der Waals surface area (Å²) < 4.78 is 49.0. The predicted molar refractivity (Wildman–Crippen MR) is 118 cm³/mol. The summed E-state index contributed by atoms with van der Waals surface area (Å²) in [5.74, 6) is -0.341. The van der Waals surface area contributed by atoms with Crippen molar-refractivity contribution < 1.29 is 17.6 Å². The minimum atomic E-state index is -4.42. The van der Waals surface area contributed by atoms with E-state index in [1.165, 1.54) is 0 Å². The van der Waals surface area contributed by atoms with Gasteiger partial charge in [0, 0.05) is 5.54 Å². The molecule has 30 heavy (non-hydrogen) atoms. The maximum atomic E-state index is 14.4. The molecule has 0 aliphatic heterocycles. The van der Waals surface area contributed by atoms with Crippen molar-refractivity contribution in [1.29, 1.82) is 0 Å². The molecule has 2 aromatic carbocycles. The van der Waals surface area contributed by atoms with Gasteiger partial charge in [0.25, 0.3) is 0 Å². The van der Waals surface area contributed by atoms with E-state index < -0.39 is 25.6 Å². The summed E-state index contributed by atoms with van der Waals surface area (Å²) in [5.41, 5.74) is 6.14. The van der Waals surface area contributed by atoms with Gasteiger partial charge < -0.3 is 10.2 Å². The number of halogens is 3. The van der Waals surface area contributed by atoms with Crippen LogP contribution >= 0.6 is 0 Å². The lowest BCUT2D eigenvalue weighted by atomic mass is 9.63. The molecule has 1 aliphatic carbocycles. The van der Waals surface area contributed by atoms with Crippen LogP contribution in [-0.2, 0) is 17.3 Å². The summed E-state index contributed by atoms with van der Waals surface area (Å²) in [5, 5.41) is 0. The van der Waals surface area contributed by atoms with Crippen LogP contribution < -0.4 is 5.73 Å². The molecule has 3 unspecified atom stereocenters. The first-order valence-electron chi connectivity index (χ1n) is 10.6. The third-order valence-corrected chi connectivity index (χ3v) is 7.11. The highest BCUT2D eigenvalue weighted by Crippen LogP contribution is 2.51. The Hall–Kier alpha value is -1.63. The normalized spacial score (nSPS) is 27.8. The van der Waals surface area contributed by atoms with Crippen LogP contribution in [0.1, 0.15) is 30.4 Å². The van der Waals surface area contributed by atoms with Gasteiger partial charge in [-0.1, -0.05) is 60.7 Å². The molecule has 2 aromatic rings. The molecule has 0 saturated heterocycles. The zero-order valence-electron chi connectivity index (χ0n) is 18.0. The van der Waals surface area contributed by atoms with Gasteiger partial charge in [0.1, 0.15) is 0 Å². The van der Waals surface area contributed by atoms with Gasteiger partial charge in [0.05, 0.1) is 0 Å². The van der Waals surface area contributed by atoms with Crippen molar-refractivity contribution in [3.05, 3.63) is 71.8 Å². The van der Waals surface area contributed by atoms with Crippen LogP contribution in [0.15, 0.2) is 60.7 Å². The lowest BCUT2D eigenvalue weighted by Gasteiger charge is -2.52. The molecule has 1 aliphatic rings. The van der Waals surface area contributed by atoms with Gasteiger partial charge in [-0.15, -0.1) is 0 Å². The van der Waals surface area contributed by atoms with Crippen LogP contribution in [-0.4, -0.2) is 25.6 Å².